The van der Waals surface area contributed by atoms with Crippen LogP contribution in [0.25, 0.3) is 11.0 Å². The van der Waals surface area contributed by atoms with E-state index in [1.54, 1.807) is 6.20 Å². The Morgan fingerprint density at radius 1 is 1.25 bits per heavy atom. The van der Waals surface area contributed by atoms with Gasteiger partial charge in [-0.05, 0) is 30.3 Å². The van der Waals surface area contributed by atoms with Crippen LogP contribution in [0.3, 0.4) is 0 Å². The average molecular weight is 270 g/mol. The van der Waals surface area contributed by atoms with Gasteiger partial charge in [0.1, 0.15) is 17.2 Å². The molecule has 3 rings (SSSR count). The molecule has 0 radical (unpaired) electrons. The number of benzene rings is 1. The fourth-order valence-electron chi connectivity index (χ4n) is 2.32. The molecule has 1 unspecified atom stereocenters. The minimum Gasteiger partial charge on any atom is -0.459 e. The molecule has 102 valence electrons. The molecule has 3 nitrogen and oxygen atoms in total. The SMILES string of the molecule is CCNC(c1cncc(F)c1)c1cc2ccccc2o1. The van der Waals surface area contributed by atoms with E-state index in [1.807, 2.05) is 37.3 Å². The molecule has 0 saturated heterocycles. The van der Waals surface area contributed by atoms with Crippen molar-refractivity contribution in [3.8, 4) is 0 Å². The van der Waals surface area contributed by atoms with Crippen molar-refractivity contribution in [2.75, 3.05) is 6.54 Å². The molecule has 0 saturated carbocycles. The van der Waals surface area contributed by atoms with Crippen molar-refractivity contribution in [2.45, 2.75) is 13.0 Å². The van der Waals surface area contributed by atoms with Gasteiger partial charge >= 0.3 is 0 Å². The van der Waals surface area contributed by atoms with Crippen molar-refractivity contribution in [1.29, 1.82) is 0 Å². The van der Waals surface area contributed by atoms with Crippen LogP contribution in [0.4, 0.5) is 4.39 Å². The molecule has 1 atom stereocenters. The van der Waals surface area contributed by atoms with Gasteiger partial charge in [0.15, 0.2) is 0 Å². The molecule has 0 bridgehead atoms. The van der Waals surface area contributed by atoms with Crippen LogP contribution < -0.4 is 5.32 Å². The summed E-state index contributed by atoms with van der Waals surface area (Å²) in [4.78, 5) is 3.91. The number of aromatic nitrogens is 1. The number of fused-ring (bicyclic) bond motifs is 1. The van der Waals surface area contributed by atoms with E-state index in [9.17, 15) is 4.39 Å². The predicted molar refractivity (Wildman–Crippen MR) is 75.9 cm³/mol. The average Bonchev–Trinajstić information content (AvgIpc) is 2.88. The largest absolute Gasteiger partial charge is 0.459 e. The zero-order valence-corrected chi connectivity index (χ0v) is 11.1. The van der Waals surface area contributed by atoms with Crippen molar-refractivity contribution in [2.24, 2.45) is 0 Å². The maximum atomic E-state index is 13.4. The topological polar surface area (TPSA) is 38.1 Å². The summed E-state index contributed by atoms with van der Waals surface area (Å²) in [6, 6.07) is 11.1. The molecule has 1 N–H and O–H groups in total. The Kier molecular flexibility index (Phi) is 3.48. The van der Waals surface area contributed by atoms with Crippen LogP contribution in [0.5, 0.6) is 0 Å². The summed E-state index contributed by atoms with van der Waals surface area (Å²) in [5.74, 6) is 0.418. The molecule has 0 aliphatic carbocycles. The zero-order valence-electron chi connectivity index (χ0n) is 11.1. The third kappa shape index (κ3) is 2.42. The minimum atomic E-state index is -0.346. The zero-order chi connectivity index (χ0) is 13.9. The van der Waals surface area contributed by atoms with Crippen LogP contribution >= 0.6 is 0 Å². The highest BCUT2D eigenvalue weighted by Gasteiger charge is 2.18. The summed E-state index contributed by atoms with van der Waals surface area (Å²) in [6.07, 6.45) is 2.86. The van der Waals surface area contributed by atoms with E-state index in [0.29, 0.717) is 0 Å². The number of nitrogens with zero attached hydrogens (tertiary/aromatic N) is 1. The van der Waals surface area contributed by atoms with Crippen LogP contribution in [0, 0.1) is 5.82 Å². The van der Waals surface area contributed by atoms with Crippen molar-refractivity contribution in [1.82, 2.24) is 10.3 Å². The van der Waals surface area contributed by atoms with Crippen LogP contribution in [0.1, 0.15) is 24.3 Å². The van der Waals surface area contributed by atoms with Gasteiger partial charge in [0.25, 0.3) is 0 Å². The van der Waals surface area contributed by atoms with Crippen molar-refractivity contribution in [3.63, 3.8) is 0 Å². The molecule has 0 amide bonds. The van der Waals surface area contributed by atoms with Crippen molar-refractivity contribution < 1.29 is 8.81 Å². The Hall–Kier alpha value is -2.20. The van der Waals surface area contributed by atoms with Gasteiger partial charge in [-0.25, -0.2) is 4.39 Å². The Bertz CT molecular complexity index is 690. The van der Waals surface area contributed by atoms with E-state index >= 15 is 0 Å². The monoisotopic (exact) mass is 270 g/mol. The second-order valence-electron chi connectivity index (χ2n) is 4.61. The van der Waals surface area contributed by atoms with Gasteiger partial charge in [0.2, 0.25) is 0 Å². The van der Waals surface area contributed by atoms with E-state index in [1.165, 1.54) is 12.3 Å². The highest BCUT2D eigenvalue weighted by Crippen LogP contribution is 2.28. The summed E-state index contributed by atoms with van der Waals surface area (Å²) in [6.45, 7) is 2.75. The number of furan rings is 1. The Morgan fingerprint density at radius 2 is 2.10 bits per heavy atom. The molecular formula is C16H15FN2O. The second kappa shape index (κ2) is 5.43. The quantitative estimate of drug-likeness (QED) is 0.786. The normalized spacial score (nSPS) is 12.7. The number of nitrogens with one attached hydrogen (secondary N) is 1. The summed E-state index contributed by atoms with van der Waals surface area (Å²) < 4.78 is 19.2. The summed E-state index contributed by atoms with van der Waals surface area (Å²) in [7, 11) is 0. The van der Waals surface area contributed by atoms with Crippen molar-refractivity contribution in [3.05, 3.63) is 65.9 Å². The molecular weight excluding hydrogens is 255 g/mol. The smallest absolute Gasteiger partial charge is 0.141 e. The molecule has 20 heavy (non-hydrogen) atoms. The standard InChI is InChI=1S/C16H15FN2O/c1-2-19-16(12-7-13(17)10-18-9-12)15-8-11-5-3-4-6-14(11)20-15/h3-10,16,19H,2H2,1H3. The first-order valence-corrected chi connectivity index (χ1v) is 6.60. The number of rotatable bonds is 4. The molecule has 2 heterocycles. The first-order chi connectivity index (χ1) is 9.78. The van der Waals surface area contributed by atoms with E-state index in [-0.39, 0.29) is 11.9 Å². The summed E-state index contributed by atoms with van der Waals surface area (Å²) >= 11 is 0. The number of pyridine rings is 1. The lowest BCUT2D eigenvalue weighted by Gasteiger charge is -2.15. The molecule has 0 fully saturated rings. The van der Waals surface area contributed by atoms with E-state index < -0.39 is 0 Å². The molecule has 3 aromatic rings. The van der Waals surface area contributed by atoms with Gasteiger partial charge in [-0.2, -0.15) is 0 Å². The third-order valence-corrected chi connectivity index (χ3v) is 3.20. The lowest BCUT2D eigenvalue weighted by atomic mass is 10.1. The predicted octanol–water partition coefficient (Wildman–Crippen LogP) is 3.67. The van der Waals surface area contributed by atoms with Crippen LogP contribution in [0.15, 0.2) is 53.2 Å². The van der Waals surface area contributed by atoms with Crippen LogP contribution in [-0.2, 0) is 0 Å². The number of halogens is 1. The van der Waals surface area contributed by atoms with Crippen LogP contribution in [-0.4, -0.2) is 11.5 Å². The Labute approximate surface area is 116 Å². The highest BCUT2D eigenvalue weighted by atomic mass is 19.1. The molecule has 0 aliphatic rings. The second-order valence-corrected chi connectivity index (χ2v) is 4.61. The fourth-order valence-corrected chi connectivity index (χ4v) is 2.32. The van der Waals surface area contributed by atoms with Gasteiger partial charge in [-0.3, -0.25) is 4.98 Å². The number of hydrogen-bond acceptors (Lipinski definition) is 3. The van der Waals surface area contributed by atoms with E-state index in [0.717, 1.165) is 28.8 Å². The molecule has 2 aromatic heterocycles. The summed E-state index contributed by atoms with van der Waals surface area (Å²) in [5, 5.41) is 4.34. The van der Waals surface area contributed by atoms with Crippen molar-refractivity contribution >= 4 is 11.0 Å². The lowest BCUT2D eigenvalue weighted by molar-refractivity contribution is 0.474. The van der Waals surface area contributed by atoms with E-state index in [2.05, 4.69) is 10.3 Å². The lowest BCUT2D eigenvalue weighted by Crippen LogP contribution is -2.21. The maximum Gasteiger partial charge on any atom is 0.141 e. The fraction of sp³-hybridized carbons (Fsp3) is 0.188. The van der Waals surface area contributed by atoms with Gasteiger partial charge in [0, 0.05) is 11.6 Å². The van der Waals surface area contributed by atoms with Gasteiger partial charge in [0.05, 0.1) is 12.2 Å². The summed E-state index contributed by atoms with van der Waals surface area (Å²) in [5.41, 5.74) is 1.58. The van der Waals surface area contributed by atoms with E-state index in [4.69, 9.17) is 4.42 Å². The minimum absolute atomic E-state index is 0.199. The highest BCUT2D eigenvalue weighted by molar-refractivity contribution is 5.77. The molecule has 0 spiro atoms. The number of para-hydroxylation sites is 1. The van der Waals surface area contributed by atoms with Gasteiger partial charge in [-0.1, -0.05) is 25.1 Å². The Morgan fingerprint density at radius 3 is 2.85 bits per heavy atom. The van der Waals surface area contributed by atoms with Gasteiger partial charge < -0.3 is 9.73 Å². The van der Waals surface area contributed by atoms with Gasteiger partial charge in [-0.15, -0.1) is 0 Å². The maximum absolute atomic E-state index is 13.4. The molecule has 0 aliphatic heterocycles. The third-order valence-electron chi connectivity index (χ3n) is 3.20. The number of hydrogen-bond donors (Lipinski definition) is 1. The molecule has 4 heteroatoms. The van der Waals surface area contributed by atoms with Crippen LogP contribution in [0.2, 0.25) is 0 Å². The first-order valence-electron chi connectivity index (χ1n) is 6.60. The first kappa shape index (κ1) is 12.8. The molecule has 1 aromatic carbocycles. The Balaban J connectivity index is 2.05.